The third kappa shape index (κ3) is 3.46. The molecular weight excluding hydrogens is 267 g/mol. The van der Waals surface area contributed by atoms with Crippen LogP contribution in [0.3, 0.4) is 0 Å². The van der Waals surface area contributed by atoms with Gasteiger partial charge in [-0.25, -0.2) is 0 Å². The Labute approximate surface area is 114 Å². The second kappa shape index (κ2) is 5.90. The molecule has 0 fully saturated rings. The first-order valence-corrected chi connectivity index (χ1v) is 6.26. The molecule has 1 heterocycles. The van der Waals surface area contributed by atoms with Gasteiger partial charge < -0.3 is 5.32 Å². The van der Waals surface area contributed by atoms with Crippen LogP contribution in [0.2, 0.25) is 0 Å². The lowest BCUT2D eigenvalue weighted by molar-refractivity contribution is -0.137. The first-order chi connectivity index (χ1) is 9.50. The van der Waals surface area contributed by atoms with E-state index in [0.29, 0.717) is 17.1 Å². The van der Waals surface area contributed by atoms with Gasteiger partial charge in [-0.3, -0.25) is 0 Å². The molecule has 1 aromatic carbocycles. The van der Waals surface area contributed by atoms with E-state index < -0.39 is 11.7 Å². The molecule has 0 aliphatic rings. The lowest BCUT2D eigenvalue weighted by atomic mass is 10.1. The average Bonchev–Trinajstić information content (AvgIpc) is 2.45. The smallest absolute Gasteiger partial charge is 0.369 e. The molecule has 0 atom stereocenters. The van der Waals surface area contributed by atoms with Gasteiger partial charge in [-0.05, 0) is 30.7 Å². The quantitative estimate of drug-likeness (QED) is 0.921. The molecule has 0 saturated carbocycles. The fourth-order valence-electron chi connectivity index (χ4n) is 1.69. The van der Waals surface area contributed by atoms with Gasteiger partial charge in [0.2, 0.25) is 0 Å². The molecule has 6 heteroatoms. The van der Waals surface area contributed by atoms with Crippen molar-refractivity contribution in [1.29, 1.82) is 0 Å². The number of nitrogens with one attached hydrogen (secondary N) is 1. The molecule has 0 spiro atoms. The number of aromatic nitrogens is 2. The van der Waals surface area contributed by atoms with Crippen LogP contribution in [0.4, 0.5) is 19.0 Å². The standard InChI is InChI=1S/C14H14F3N3/c1-2-8-18-13-7-6-12(19-20-13)10-4-3-5-11(9-10)14(15,16)17/h3-7,9H,2,8H2,1H3,(H,18,20). The van der Waals surface area contributed by atoms with Crippen LogP contribution in [0.1, 0.15) is 18.9 Å². The van der Waals surface area contributed by atoms with Crippen LogP contribution in [-0.2, 0) is 6.18 Å². The summed E-state index contributed by atoms with van der Waals surface area (Å²) >= 11 is 0. The third-order valence-electron chi connectivity index (χ3n) is 2.71. The normalized spacial score (nSPS) is 11.4. The maximum Gasteiger partial charge on any atom is 0.416 e. The van der Waals surface area contributed by atoms with Crippen molar-refractivity contribution in [2.75, 3.05) is 11.9 Å². The summed E-state index contributed by atoms with van der Waals surface area (Å²) in [6.07, 6.45) is -3.40. The second-order valence-corrected chi connectivity index (χ2v) is 4.31. The Morgan fingerprint density at radius 1 is 1.10 bits per heavy atom. The van der Waals surface area contributed by atoms with Gasteiger partial charge in [-0.15, -0.1) is 10.2 Å². The zero-order valence-electron chi connectivity index (χ0n) is 10.9. The molecule has 1 aromatic heterocycles. The first kappa shape index (κ1) is 14.3. The number of nitrogens with zero attached hydrogens (tertiary/aromatic N) is 2. The zero-order chi connectivity index (χ0) is 14.6. The van der Waals surface area contributed by atoms with Crippen molar-refractivity contribution in [3.63, 3.8) is 0 Å². The van der Waals surface area contributed by atoms with Crippen LogP contribution in [0, 0.1) is 0 Å². The highest BCUT2D eigenvalue weighted by Crippen LogP contribution is 2.31. The molecule has 0 radical (unpaired) electrons. The minimum atomic E-state index is -4.36. The molecule has 0 bridgehead atoms. The van der Waals surface area contributed by atoms with Crippen molar-refractivity contribution in [3.8, 4) is 11.3 Å². The Hall–Kier alpha value is -2.11. The first-order valence-electron chi connectivity index (χ1n) is 6.26. The molecule has 0 saturated heterocycles. The van der Waals surface area contributed by atoms with Gasteiger partial charge in [0.25, 0.3) is 0 Å². The lowest BCUT2D eigenvalue weighted by Gasteiger charge is -2.08. The Balaban J connectivity index is 2.23. The van der Waals surface area contributed by atoms with Crippen molar-refractivity contribution >= 4 is 5.82 Å². The van der Waals surface area contributed by atoms with Gasteiger partial charge in [0.1, 0.15) is 5.82 Å². The second-order valence-electron chi connectivity index (χ2n) is 4.31. The Morgan fingerprint density at radius 3 is 2.50 bits per heavy atom. The molecule has 3 nitrogen and oxygen atoms in total. The van der Waals surface area contributed by atoms with Gasteiger partial charge in [0.15, 0.2) is 0 Å². The fraction of sp³-hybridized carbons (Fsp3) is 0.286. The molecule has 2 aromatic rings. The average molecular weight is 281 g/mol. The molecule has 0 aliphatic carbocycles. The Kier molecular flexibility index (Phi) is 4.22. The fourth-order valence-corrected chi connectivity index (χ4v) is 1.69. The highest BCUT2D eigenvalue weighted by Gasteiger charge is 2.30. The number of halogens is 3. The van der Waals surface area contributed by atoms with Crippen molar-refractivity contribution < 1.29 is 13.2 Å². The van der Waals surface area contributed by atoms with E-state index in [1.807, 2.05) is 6.92 Å². The SMILES string of the molecule is CCCNc1ccc(-c2cccc(C(F)(F)F)c2)nn1. The van der Waals surface area contributed by atoms with Crippen LogP contribution >= 0.6 is 0 Å². The van der Waals surface area contributed by atoms with Gasteiger partial charge in [-0.2, -0.15) is 13.2 Å². The third-order valence-corrected chi connectivity index (χ3v) is 2.71. The zero-order valence-corrected chi connectivity index (χ0v) is 10.9. The van der Waals surface area contributed by atoms with E-state index in [1.165, 1.54) is 6.07 Å². The molecule has 2 rings (SSSR count). The van der Waals surface area contributed by atoms with Crippen molar-refractivity contribution in [1.82, 2.24) is 10.2 Å². The molecule has 0 aliphatic heterocycles. The lowest BCUT2D eigenvalue weighted by Crippen LogP contribution is -2.05. The predicted molar refractivity (Wildman–Crippen MR) is 71.3 cm³/mol. The number of alkyl halides is 3. The summed E-state index contributed by atoms with van der Waals surface area (Å²) < 4.78 is 37.9. The number of benzene rings is 1. The maximum atomic E-state index is 12.6. The van der Waals surface area contributed by atoms with E-state index in [9.17, 15) is 13.2 Å². The summed E-state index contributed by atoms with van der Waals surface area (Å²) in [4.78, 5) is 0. The van der Waals surface area contributed by atoms with Gasteiger partial charge in [-0.1, -0.05) is 19.1 Å². The maximum absolute atomic E-state index is 12.6. The van der Waals surface area contributed by atoms with Crippen molar-refractivity contribution in [2.24, 2.45) is 0 Å². The molecular formula is C14H14F3N3. The summed E-state index contributed by atoms with van der Waals surface area (Å²) in [5.41, 5.74) is 0.123. The predicted octanol–water partition coefficient (Wildman–Crippen LogP) is 3.98. The molecule has 0 unspecified atom stereocenters. The highest BCUT2D eigenvalue weighted by molar-refractivity contribution is 5.60. The Bertz CT molecular complexity index is 565. The van der Waals surface area contributed by atoms with Crippen molar-refractivity contribution in [3.05, 3.63) is 42.0 Å². The van der Waals surface area contributed by atoms with E-state index in [1.54, 1.807) is 18.2 Å². The van der Waals surface area contributed by atoms with Crippen LogP contribution in [0.15, 0.2) is 36.4 Å². The van der Waals surface area contributed by atoms with Gasteiger partial charge >= 0.3 is 6.18 Å². The Morgan fingerprint density at radius 2 is 1.90 bits per heavy atom. The van der Waals surface area contributed by atoms with Gasteiger partial charge in [0, 0.05) is 12.1 Å². The van der Waals surface area contributed by atoms with Gasteiger partial charge in [0.05, 0.1) is 11.3 Å². The number of anilines is 1. The highest BCUT2D eigenvalue weighted by atomic mass is 19.4. The summed E-state index contributed by atoms with van der Waals surface area (Å²) in [6, 6.07) is 8.41. The summed E-state index contributed by atoms with van der Waals surface area (Å²) in [6.45, 7) is 2.80. The number of rotatable bonds is 4. The van der Waals surface area contributed by atoms with Crippen LogP contribution in [0.25, 0.3) is 11.3 Å². The van der Waals surface area contributed by atoms with Crippen LogP contribution in [0.5, 0.6) is 0 Å². The number of hydrogen-bond acceptors (Lipinski definition) is 3. The van der Waals surface area contributed by atoms with E-state index in [-0.39, 0.29) is 0 Å². The minimum Gasteiger partial charge on any atom is -0.369 e. The van der Waals surface area contributed by atoms with E-state index in [0.717, 1.165) is 25.1 Å². The number of hydrogen-bond donors (Lipinski definition) is 1. The molecule has 1 N–H and O–H groups in total. The van der Waals surface area contributed by atoms with E-state index >= 15 is 0 Å². The molecule has 106 valence electrons. The largest absolute Gasteiger partial charge is 0.416 e. The minimum absolute atomic E-state index is 0.398. The van der Waals surface area contributed by atoms with Crippen LogP contribution in [-0.4, -0.2) is 16.7 Å². The van der Waals surface area contributed by atoms with E-state index in [4.69, 9.17) is 0 Å². The van der Waals surface area contributed by atoms with E-state index in [2.05, 4.69) is 15.5 Å². The monoisotopic (exact) mass is 281 g/mol. The molecule has 20 heavy (non-hydrogen) atoms. The summed E-state index contributed by atoms with van der Waals surface area (Å²) in [7, 11) is 0. The summed E-state index contributed by atoms with van der Waals surface area (Å²) in [5, 5.41) is 10.9. The summed E-state index contributed by atoms with van der Waals surface area (Å²) in [5.74, 6) is 0.613. The van der Waals surface area contributed by atoms with Crippen LogP contribution < -0.4 is 5.32 Å². The molecule has 0 amide bonds. The van der Waals surface area contributed by atoms with Crippen molar-refractivity contribution in [2.45, 2.75) is 19.5 Å². The topological polar surface area (TPSA) is 37.8 Å².